The average molecular weight is 368 g/mol. The molecule has 0 bridgehead atoms. The number of sulfonamides is 1. The number of nitrogens with zero attached hydrogens (tertiary/aromatic N) is 2. The predicted octanol–water partition coefficient (Wildman–Crippen LogP) is 2.21. The van der Waals surface area contributed by atoms with Gasteiger partial charge in [0.05, 0.1) is 17.1 Å². The summed E-state index contributed by atoms with van der Waals surface area (Å²) in [4.78, 5) is 14.3. The van der Waals surface area contributed by atoms with Gasteiger partial charge in [-0.25, -0.2) is 8.42 Å². The Kier molecular flexibility index (Phi) is 6.24. The van der Waals surface area contributed by atoms with Gasteiger partial charge in [-0.2, -0.15) is 4.31 Å². The van der Waals surface area contributed by atoms with E-state index in [2.05, 4.69) is 0 Å². The highest BCUT2D eigenvalue weighted by atomic mass is 32.2. The minimum Gasteiger partial charge on any atom is -0.373 e. The molecule has 1 fully saturated rings. The van der Waals surface area contributed by atoms with Crippen molar-refractivity contribution in [2.75, 3.05) is 26.7 Å². The highest BCUT2D eigenvalue weighted by Crippen LogP contribution is 2.22. The van der Waals surface area contributed by atoms with Gasteiger partial charge in [-0.05, 0) is 38.0 Å². The maximum Gasteiger partial charge on any atom is 0.253 e. The van der Waals surface area contributed by atoms with E-state index in [-0.39, 0.29) is 23.0 Å². The lowest BCUT2D eigenvalue weighted by Gasteiger charge is -2.34. The summed E-state index contributed by atoms with van der Waals surface area (Å²) in [6.45, 7) is 9.04. The quantitative estimate of drug-likeness (QED) is 0.799. The lowest BCUT2D eigenvalue weighted by molar-refractivity contribution is -0.0440. The second kappa shape index (κ2) is 7.85. The maximum atomic E-state index is 12.9. The van der Waals surface area contributed by atoms with Crippen LogP contribution in [0.25, 0.3) is 0 Å². The third kappa shape index (κ3) is 4.80. The van der Waals surface area contributed by atoms with Crippen LogP contribution < -0.4 is 0 Å². The summed E-state index contributed by atoms with van der Waals surface area (Å²) < 4.78 is 32.9. The van der Waals surface area contributed by atoms with Gasteiger partial charge in [0.25, 0.3) is 5.91 Å². The lowest BCUT2D eigenvalue weighted by Crippen LogP contribution is -2.48. The summed E-state index contributed by atoms with van der Waals surface area (Å²) >= 11 is 0. The van der Waals surface area contributed by atoms with Crippen molar-refractivity contribution in [2.45, 2.75) is 44.8 Å². The fourth-order valence-electron chi connectivity index (χ4n) is 3.12. The monoisotopic (exact) mass is 368 g/mol. The summed E-state index contributed by atoms with van der Waals surface area (Å²) in [5.41, 5.74) is 0.388. The first kappa shape index (κ1) is 19.9. The standard InChI is InChI=1S/C18H28N2O4S/c1-13(2)10-19(5)18(21)16-7-6-8-17(9-16)25(22,23)20-11-14(3)24-15(4)12-20/h6-9,13-15H,10-12H2,1-5H3. The van der Waals surface area contributed by atoms with Gasteiger partial charge in [0.1, 0.15) is 0 Å². The van der Waals surface area contributed by atoms with Gasteiger partial charge in [-0.3, -0.25) is 4.79 Å². The van der Waals surface area contributed by atoms with Gasteiger partial charge in [-0.15, -0.1) is 0 Å². The van der Waals surface area contributed by atoms with Crippen LogP contribution in [-0.4, -0.2) is 62.4 Å². The molecular formula is C18H28N2O4S. The summed E-state index contributed by atoms with van der Waals surface area (Å²) in [5.74, 6) is 0.173. The van der Waals surface area contributed by atoms with Crippen molar-refractivity contribution in [3.63, 3.8) is 0 Å². The SMILES string of the molecule is CC(C)CN(C)C(=O)c1cccc(S(=O)(=O)N2CC(C)OC(C)C2)c1. The number of rotatable bonds is 5. The Labute approximate surface area is 150 Å². The van der Waals surface area contributed by atoms with E-state index < -0.39 is 10.0 Å². The van der Waals surface area contributed by atoms with Gasteiger partial charge >= 0.3 is 0 Å². The number of amides is 1. The van der Waals surface area contributed by atoms with E-state index in [4.69, 9.17) is 4.74 Å². The molecule has 0 aliphatic carbocycles. The number of carbonyl (C=O) groups excluding carboxylic acids is 1. The van der Waals surface area contributed by atoms with Crippen LogP contribution in [0.15, 0.2) is 29.2 Å². The van der Waals surface area contributed by atoms with Gasteiger partial charge in [0, 0.05) is 32.2 Å². The topological polar surface area (TPSA) is 66.9 Å². The van der Waals surface area contributed by atoms with Gasteiger partial charge in [-0.1, -0.05) is 19.9 Å². The normalized spacial score (nSPS) is 22.2. The highest BCUT2D eigenvalue weighted by Gasteiger charge is 2.32. The molecule has 0 aromatic heterocycles. The molecular weight excluding hydrogens is 340 g/mol. The van der Waals surface area contributed by atoms with Crippen molar-refractivity contribution in [3.8, 4) is 0 Å². The maximum absolute atomic E-state index is 12.9. The molecule has 7 heteroatoms. The van der Waals surface area contributed by atoms with Crippen molar-refractivity contribution >= 4 is 15.9 Å². The Morgan fingerprint density at radius 1 is 1.28 bits per heavy atom. The Hall–Kier alpha value is -1.44. The zero-order valence-corrected chi connectivity index (χ0v) is 16.4. The van der Waals surface area contributed by atoms with Gasteiger partial charge in [0.15, 0.2) is 0 Å². The molecule has 1 aliphatic rings. The van der Waals surface area contributed by atoms with Crippen molar-refractivity contribution in [1.29, 1.82) is 0 Å². The third-order valence-corrected chi connectivity index (χ3v) is 5.92. The number of hydrogen-bond donors (Lipinski definition) is 0. The zero-order chi connectivity index (χ0) is 18.8. The fraction of sp³-hybridized carbons (Fsp3) is 0.611. The highest BCUT2D eigenvalue weighted by molar-refractivity contribution is 7.89. The van der Waals surface area contributed by atoms with Crippen LogP contribution >= 0.6 is 0 Å². The summed E-state index contributed by atoms with van der Waals surface area (Å²) in [5, 5.41) is 0. The molecule has 0 radical (unpaired) electrons. The summed E-state index contributed by atoms with van der Waals surface area (Å²) in [6.07, 6.45) is -0.305. The minimum atomic E-state index is -3.65. The molecule has 140 valence electrons. The van der Waals surface area contributed by atoms with Crippen LogP contribution in [0, 0.1) is 5.92 Å². The zero-order valence-electron chi connectivity index (χ0n) is 15.6. The molecule has 1 saturated heterocycles. The predicted molar refractivity (Wildman–Crippen MR) is 97.0 cm³/mol. The fourth-order valence-corrected chi connectivity index (χ4v) is 4.75. The number of morpholine rings is 1. The van der Waals surface area contributed by atoms with Crippen LogP contribution in [0.2, 0.25) is 0 Å². The molecule has 1 aromatic carbocycles. The second-order valence-electron chi connectivity index (χ2n) is 7.19. The first-order valence-corrected chi connectivity index (χ1v) is 10.1. The molecule has 2 unspecified atom stereocenters. The first-order valence-electron chi connectivity index (χ1n) is 8.62. The number of benzene rings is 1. The number of hydrogen-bond acceptors (Lipinski definition) is 4. The number of carbonyl (C=O) groups is 1. The summed E-state index contributed by atoms with van der Waals surface area (Å²) in [6, 6.07) is 6.29. The largest absolute Gasteiger partial charge is 0.373 e. The average Bonchev–Trinajstić information content (AvgIpc) is 2.52. The van der Waals surface area contributed by atoms with E-state index in [0.717, 1.165) is 0 Å². The van der Waals surface area contributed by atoms with Gasteiger partial charge in [0.2, 0.25) is 10.0 Å². The molecule has 1 heterocycles. The molecule has 1 amide bonds. The van der Waals surface area contributed by atoms with E-state index in [9.17, 15) is 13.2 Å². The minimum absolute atomic E-state index is 0.151. The summed E-state index contributed by atoms with van der Waals surface area (Å²) in [7, 11) is -1.92. The second-order valence-corrected chi connectivity index (χ2v) is 9.12. The molecule has 1 aliphatic heterocycles. The van der Waals surface area contributed by atoms with E-state index >= 15 is 0 Å². The number of ether oxygens (including phenoxy) is 1. The van der Waals surface area contributed by atoms with E-state index in [0.29, 0.717) is 31.1 Å². The van der Waals surface area contributed by atoms with Crippen LogP contribution in [0.1, 0.15) is 38.1 Å². The van der Waals surface area contributed by atoms with Crippen LogP contribution in [0.4, 0.5) is 0 Å². The lowest BCUT2D eigenvalue weighted by atomic mass is 10.1. The third-order valence-electron chi connectivity index (χ3n) is 4.09. The van der Waals surface area contributed by atoms with Crippen molar-refractivity contribution < 1.29 is 17.9 Å². The van der Waals surface area contributed by atoms with E-state index in [1.807, 2.05) is 27.7 Å². The molecule has 25 heavy (non-hydrogen) atoms. The Balaban J connectivity index is 2.26. The first-order chi connectivity index (χ1) is 11.6. The molecule has 1 aromatic rings. The van der Waals surface area contributed by atoms with Crippen molar-refractivity contribution in [3.05, 3.63) is 29.8 Å². The molecule has 0 N–H and O–H groups in total. The molecule has 0 saturated carbocycles. The Morgan fingerprint density at radius 3 is 2.44 bits per heavy atom. The smallest absolute Gasteiger partial charge is 0.253 e. The van der Waals surface area contributed by atoms with Crippen molar-refractivity contribution in [2.24, 2.45) is 5.92 Å². The van der Waals surface area contributed by atoms with Crippen molar-refractivity contribution in [1.82, 2.24) is 9.21 Å². The molecule has 2 rings (SSSR count). The Bertz CT molecular complexity index is 708. The van der Waals surface area contributed by atoms with Crippen LogP contribution in [0.3, 0.4) is 0 Å². The van der Waals surface area contributed by atoms with E-state index in [1.165, 1.54) is 10.4 Å². The van der Waals surface area contributed by atoms with Crippen LogP contribution in [0.5, 0.6) is 0 Å². The molecule has 2 atom stereocenters. The Morgan fingerprint density at radius 2 is 1.88 bits per heavy atom. The van der Waals surface area contributed by atoms with Gasteiger partial charge < -0.3 is 9.64 Å². The molecule has 0 spiro atoms. The van der Waals surface area contributed by atoms with Crippen LogP contribution in [-0.2, 0) is 14.8 Å². The molecule has 6 nitrogen and oxygen atoms in total. The van der Waals surface area contributed by atoms with E-state index in [1.54, 1.807) is 30.1 Å².